The third-order valence-corrected chi connectivity index (χ3v) is 4.73. The molecule has 0 bridgehead atoms. The Kier molecular flexibility index (Phi) is 4.51. The number of amides is 1. The Morgan fingerprint density at radius 3 is 2.65 bits per heavy atom. The van der Waals surface area contributed by atoms with Crippen molar-refractivity contribution in [3.63, 3.8) is 0 Å². The van der Waals surface area contributed by atoms with Crippen LogP contribution in [0.2, 0.25) is 0 Å². The minimum absolute atomic E-state index is 0.00722. The number of nitrogens with zero attached hydrogens (tertiary/aromatic N) is 3. The lowest BCUT2D eigenvalue weighted by molar-refractivity contribution is -0.112. The summed E-state index contributed by atoms with van der Waals surface area (Å²) < 4.78 is 36.3. The summed E-state index contributed by atoms with van der Waals surface area (Å²) in [6.45, 7) is 4.93. The molecule has 0 spiro atoms. The van der Waals surface area contributed by atoms with Gasteiger partial charge in [0.1, 0.15) is 11.3 Å². The Hall–Kier alpha value is -1.74. The number of hydrogen-bond acceptors (Lipinski definition) is 5. The third kappa shape index (κ3) is 3.55. The van der Waals surface area contributed by atoms with E-state index in [0.29, 0.717) is 24.2 Å². The van der Waals surface area contributed by atoms with Gasteiger partial charge in [-0.05, 0) is 27.2 Å². The van der Waals surface area contributed by atoms with Gasteiger partial charge in [-0.1, -0.05) is 0 Å². The van der Waals surface area contributed by atoms with E-state index in [-0.39, 0.29) is 25.2 Å². The van der Waals surface area contributed by atoms with Crippen LogP contribution in [0.25, 0.3) is 0 Å². The van der Waals surface area contributed by atoms with Crippen molar-refractivity contribution in [2.24, 2.45) is 0 Å². The normalized spacial score (nSPS) is 25.3. The molecule has 0 unspecified atom stereocenters. The van der Waals surface area contributed by atoms with E-state index in [1.54, 1.807) is 20.8 Å². The molecule has 146 valence electrons. The highest BCUT2D eigenvalue weighted by Gasteiger charge is 2.49. The van der Waals surface area contributed by atoms with E-state index in [1.165, 1.54) is 9.58 Å². The van der Waals surface area contributed by atoms with Crippen molar-refractivity contribution in [3.05, 3.63) is 17.0 Å². The number of ether oxygens (including phenoxy) is 1. The minimum atomic E-state index is -3.36. The van der Waals surface area contributed by atoms with Gasteiger partial charge < -0.3 is 19.8 Å². The van der Waals surface area contributed by atoms with Crippen LogP contribution in [0.4, 0.5) is 13.6 Å². The SMILES string of the molecule is CC(C)(C)OC(=O)N1CCc2nn3c(c2C1)C(F)(F)C[C@@](O)(CO)CC3. The molecule has 0 aliphatic carbocycles. The molecule has 0 saturated carbocycles. The molecule has 26 heavy (non-hydrogen) atoms. The van der Waals surface area contributed by atoms with Crippen LogP contribution in [0.15, 0.2) is 0 Å². The van der Waals surface area contributed by atoms with Gasteiger partial charge in [0.05, 0.1) is 24.4 Å². The van der Waals surface area contributed by atoms with Crippen LogP contribution in [0.1, 0.15) is 50.6 Å². The monoisotopic (exact) mass is 373 g/mol. The molecule has 2 N–H and O–H groups in total. The highest BCUT2D eigenvalue weighted by atomic mass is 19.3. The van der Waals surface area contributed by atoms with Crippen LogP contribution < -0.4 is 0 Å². The number of halogens is 2. The molecular weight excluding hydrogens is 348 g/mol. The Balaban J connectivity index is 1.91. The number of fused-ring (bicyclic) bond motifs is 3. The van der Waals surface area contributed by atoms with Gasteiger partial charge in [0.25, 0.3) is 5.92 Å². The number of alkyl halides is 2. The zero-order valence-electron chi connectivity index (χ0n) is 15.3. The van der Waals surface area contributed by atoms with E-state index in [1.807, 2.05) is 0 Å². The van der Waals surface area contributed by atoms with Gasteiger partial charge in [-0.15, -0.1) is 0 Å². The Morgan fingerprint density at radius 2 is 2.04 bits per heavy atom. The second-order valence-corrected chi connectivity index (χ2v) is 8.16. The standard InChI is InChI=1S/C17H25F2N3O4/c1-15(2,3)26-14(24)21-6-4-12-11(8-21)13-17(18,19)9-16(25,10-23)5-7-22(13)20-12/h23,25H,4-10H2,1-3H3/t16-/m1/s1. The fraction of sp³-hybridized carbons (Fsp3) is 0.765. The molecule has 0 saturated heterocycles. The highest BCUT2D eigenvalue weighted by Crippen LogP contribution is 2.43. The average molecular weight is 373 g/mol. The third-order valence-electron chi connectivity index (χ3n) is 4.73. The van der Waals surface area contributed by atoms with Gasteiger partial charge >= 0.3 is 6.09 Å². The van der Waals surface area contributed by atoms with Crippen molar-refractivity contribution in [2.75, 3.05) is 13.2 Å². The zero-order chi connectivity index (χ0) is 19.3. The first-order valence-electron chi connectivity index (χ1n) is 8.72. The number of carbonyl (C=O) groups excluding carboxylic acids is 1. The van der Waals surface area contributed by atoms with Gasteiger partial charge in [-0.3, -0.25) is 4.68 Å². The highest BCUT2D eigenvalue weighted by molar-refractivity contribution is 5.68. The Bertz CT molecular complexity index is 714. The first kappa shape index (κ1) is 19.0. The van der Waals surface area contributed by atoms with Crippen molar-refractivity contribution in [3.8, 4) is 0 Å². The van der Waals surface area contributed by atoms with E-state index in [9.17, 15) is 23.8 Å². The lowest BCUT2D eigenvalue weighted by Crippen LogP contribution is -2.41. The molecule has 3 rings (SSSR count). The fourth-order valence-electron chi connectivity index (χ4n) is 3.51. The van der Waals surface area contributed by atoms with E-state index >= 15 is 0 Å². The van der Waals surface area contributed by atoms with E-state index < -0.39 is 36.2 Å². The van der Waals surface area contributed by atoms with Crippen LogP contribution in [0.3, 0.4) is 0 Å². The fourth-order valence-corrected chi connectivity index (χ4v) is 3.51. The predicted octanol–water partition coefficient (Wildman–Crippen LogP) is 1.79. The molecule has 0 radical (unpaired) electrons. The lowest BCUT2D eigenvalue weighted by Gasteiger charge is -2.31. The molecular formula is C17H25F2N3O4. The van der Waals surface area contributed by atoms with Crippen molar-refractivity contribution in [2.45, 2.75) is 70.2 Å². The van der Waals surface area contributed by atoms with Gasteiger partial charge in [-0.25, -0.2) is 4.79 Å². The van der Waals surface area contributed by atoms with E-state index in [2.05, 4.69) is 5.10 Å². The molecule has 3 heterocycles. The number of rotatable bonds is 1. The van der Waals surface area contributed by atoms with Gasteiger partial charge in [0.2, 0.25) is 0 Å². The second kappa shape index (κ2) is 6.16. The quantitative estimate of drug-likeness (QED) is 0.784. The number of aliphatic hydroxyl groups is 2. The largest absolute Gasteiger partial charge is 0.444 e. The van der Waals surface area contributed by atoms with Gasteiger partial charge in [0, 0.05) is 31.5 Å². The maximum absolute atomic E-state index is 14.9. The number of aryl methyl sites for hydroxylation is 1. The maximum atomic E-state index is 14.9. The number of hydrogen-bond donors (Lipinski definition) is 2. The summed E-state index contributed by atoms with van der Waals surface area (Å²) in [5.41, 5.74) is -1.93. The lowest BCUT2D eigenvalue weighted by atomic mass is 9.91. The summed E-state index contributed by atoms with van der Waals surface area (Å²) in [4.78, 5) is 13.7. The molecule has 0 fully saturated rings. The zero-order valence-corrected chi connectivity index (χ0v) is 15.3. The Labute approximate surface area is 150 Å². The number of carbonyl (C=O) groups is 1. The van der Waals surface area contributed by atoms with Crippen molar-refractivity contribution >= 4 is 6.09 Å². The summed E-state index contributed by atoms with van der Waals surface area (Å²) in [7, 11) is 0. The van der Waals surface area contributed by atoms with Crippen molar-refractivity contribution in [1.82, 2.24) is 14.7 Å². The first-order valence-corrected chi connectivity index (χ1v) is 8.72. The van der Waals surface area contributed by atoms with E-state index in [4.69, 9.17) is 4.74 Å². The number of aromatic nitrogens is 2. The average Bonchev–Trinajstić information content (AvgIpc) is 2.84. The van der Waals surface area contributed by atoms with Crippen LogP contribution in [0, 0.1) is 0 Å². The van der Waals surface area contributed by atoms with Gasteiger partial charge in [0.15, 0.2) is 0 Å². The smallest absolute Gasteiger partial charge is 0.410 e. The molecule has 2 aliphatic heterocycles. The molecule has 7 nitrogen and oxygen atoms in total. The second-order valence-electron chi connectivity index (χ2n) is 8.16. The molecule has 1 aromatic heterocycles. The molecule has 1 aromatic rings. The minimum Gasteiger partial charge on any atom is -0.444 e. The van der Waals surface area contributed by atoms with Crippen LogP contribution in [-0.2, 0) is 30.2 Å². The number of aliphatic hydroxyl groups excluding tert-OH is 1. The molecule has 0 aromatic carbocycles. The summed E-state index contributed by atoms with van der Waals surface area (Å²) >= 11 is 0. The Morgan fingerprint density at radius 1 is 1.35 bits per heavy atom. The predicted molar refractivity (Wildman–Crippen MR) is 87.7 cm³/mol. The molecule has 9 heteroatoms. The van der Waals surface area contributed by atoms with Crippen LogP contribution in [-0.4, -0.2) is 55.3 Å². The first-order chi connectivity index (χ1) is 11.9. The van der Waals surface area contributed by atoms with Crippen LogP contribution in [0.5, 0.6) is 0 Å². The summed E-state index contributed by atoms with van der Waals surface area (Å²) in [6, 6.07) is 0. The molecule has 1 atom stereocenters. The van der Waals surface area contributed by atoms with E-state index in [0.717, 1.165) is 0 Å². The summed E-state index contributed by atoms with van der Waals surface area (Å²) in [5, 5.41) is 23.8. The summed E-state index contributed by atoms with van der Waals surface area (Å²) in [5.74, 6) is -3.36. The van der Waals surface area contributed by atoms with Crippen molar-refractivity contribution in [1.29, 1.82) is 0 Å². The maximum Gasteiger partial charge on any atom is 0.410 e. The van der Waals surface area contributed by atoms with Gasteiger partial charge in [-0.2, -0.15) is 13.9 Å². The summed E-state index contributed by atoms with van der Waals surface area (Å²) in [6.07, 6.45) is -1.06. The van der Waals surface area contributed by atoms with Crippen LogP contribution >= 0.6 is 0 Å². The topological polar surface area (TPSA) is 87.8 Å². The van der Waals surface area contributed by atoms with Crippen molar-refractivity contribution < 1.29 is 28.5 Å². The molecule has 2 aliphatic rings. The molecule has 1 amide bonds.